The summed E-state index contributed by atoms with van der Waals surface area (Å²) in [4.78, 5) is 27.7. The number of hydrogen-bond acceptors (Lipinski definition) is 2. The second-order valence-corrected chi connectivity index (χ2v) is 8.12. The van der Waals surface area contributed by atoms with Gasteiger partial charge in [0.1, 0.15) is 0 Å². The van der Waals surface area contributed by atoms with Gasteiger partial charge in [-0.3, -0.25) is 9.59 Å². The predicted octanol–water partition coefficient (Wildman–Crippen LogP) is 5.80. The predicted molar refractivity (Wildman–Crippen MR) is 122 cm³/mol. The molecule has 5 heteroatoms. The highest BCUT2D eigenvalue weighted by molar-refractivity contribution is 6.30. The first kappa shape index (κ1) is 20.2. The van der Waals surface area contributed by atoms with Crippen LogP contribution in [0.5, 0.6) is 0 Å². The molecule has 0 fully saturated rings. The summed E-state index contributed by atoms with van der Waals surface area (Å²) in [6.45, 7) is 4.56. The van der Waals surface area contributed by atoms with E-state index in [9.17, 15) is 9.59 Å². The maximum absolute atomic E-state index is 13.1. The zero-order chi connectivity index (χ0) is 21.3. The fraction of sp³-hybridized carbons (Fsp3) is 0.200. The van der Waals surface area contributed by atoms with E-state index in [1.54, 1.807) is 18.2 Å². The van der Waals surface area contributed by atoms with Gasteiger partial charge in [0.15, 0.2) is 0 Å². The second kappa shape index (κ2) is 8.33. The van der Waals surface area contributed by atoms with Crippen LogP contribution in [0, 0.1) is 13.8 Å². The first-order valence-corrected chi connectivity index (χ1v) is 10.4. The average Bonchev–Trinajstić information content (AvgIpc) is 2.74. The van der Waals surface area contributed by atoms with Gasteiger partial charge in [0, 0.05) is 34.1 Å². The largest absolute Gasteiger partial charge is 0.322 e. The van der Waals surface area contributed by atoms with Crippen molar-refractivity contribution in [2.24, 2.45) is 0 Å². The molecular formula is C25H23ClN2O2. The van der Waals surface area contributed by atoms with E-state index < -0.39 is 0 Å². The Bertz CT molecular complexity index is 1140. The molecule has 4 nitrogen and oxygen atoms in total. The SMILES string of the molecule is Cc1cccc(C(=O)N2CCCc3cc(C(=O)Nc4ccc(Cl)cc4C)ccc32)c1. The molecule has 3 aromatic carbocycles. The van der Waals surface area contributed by atoms with Crippen molar-refractivity contribution in [1.82, 2.24) is 0 Å². The Morgan fingerprint density at radius 1 is 0.967 bits per heavy atom. The molecule has 3 aromatic rings. The van der Waals surface area contributed by atoms with Gasteiger partial charge in [0.05, 0.1) is 0 Å². The molecule has 30 heavy (non-hydrogen) atoms. The summed E-state index contributed by atoms with van der Waals surface area (Å²) in [6, 6.07) is 18.6. The van der Waals surface area contributed by atoms with Crippen LogP contribution in [0.2, 0.25) is 5.02 Å². The van der Waals surface area contributed by atoms with E-state index in [2.05, 4.69) is 5.32 Å². The minimum Gasteiger partial charge on any atom is -0.322 e. The van der Waals surface area contributed by atoms with Crippen LogP contribution in [-0.2, 0) is 6.42 Å². The van der Waals surface area contributed by atoms with Gasteiger partial charge in [-0.05, 0) is 86.3 Å². The molecule has 2 amide bonds. The van der Waals surface area contributed by atoms with E-state index in [-0.39, 0.29) is 11.8 Å². The van der Waals surface area contributed by atoms with E-state index in [1.807, 2.05) is 61.2 Å². The Morgan fingerprint density at radius 2 is 1.80 bits per heavy atom. The lowest BCUT2D eigenvalue weighted by atomic mass is 9.98. The summed E-state index contributed by atoms with van der Waals surface area (Å²) in [5.41, 5.74) is 5.86. The maximum Gasteiger partial charge on any atom is 0.258 e. The van der Waals surface area contributed by atoms with Crippen LogP contribution >= 0.6 is 11.6 Å². The van der Waals surface area contributed by atoms with Crippen molar-refractivity contribution in [3.8, 4) is 0 Å². The molecular weight excluding hydrogens is 396 g/mol. The zero-order valence-electron chi connectivity index (χ0n) is 17.0. The Morgan fingerprint density at radius 3 is 2.57 bits per heavy atom. The third-order valence-corrected chi connectivity index (χ3v) is 5.64. The number of nitrogens with zero attached hydrogens (tertiary/aromatic N) is 1. The maximum atomic E-state index is 13.1. The molecule has 0 saturated heterocycles. The number of rotatable bonds is 3. The lowest BCUT2D eigenvalue weighted by Crippen LogP contribution is -2.35. The normalized spacial score (nSPS) is 13.0. The number of fused-ring (bicyclic) bond motifs is 1. The summed E-state index contributed by atoms with van der Waals surface area (Å²) < 4.78 is 0. The lowest BCUT2D eigenvalue weighted by Gasteiger charge is -2.30. The standard InChI is InChI=1S/C25H23ClN2O2/c1-16-5-3-6-20(13-16)25(30)28-12-4-7-18-15-19(8-11-23(18)28)24(29)27-22-10-9-21(26)14-17(22)2/h3,5-6,8-11,13-15H,4,7,12H2,1-2H3,(H,27,29). The summed E-state index contributed by atoms with van der Waals surface area (Å²) in [6.07, 6.45) is 1.71. The summed E-state index contributed by atoms with van der Waals surface area (Å²) >= 11 is 6.00. The van der Waals surface area contributed by atoms with Crippen LogP contribution in [0.25, 0.3) is 0 Å². The third kappa shape index (κ3) is 4.10. The number of halogens is 1. The van der Waals surface area contributed by atoms with Crippen molar-refractivity contribution in [1.29, 1.82) is 0 Å². The van der Waals surface area contributed by atoms with Crippen LogP contribution in [0.3, 0.4) is 0 Å². The molecule has 1 aliphatic heterocycles. The number of aryl methyl sites for hydroxylation is 3. The monoisotopic (exact) mass is 418 g/mol. The van der Waals surface area contributed by atoms with Gasteiger partial charge in [-0.25, -0.2) is 0 Å². The van der Waals surface area contributed by atoms with Crippen molar-refractivity contribution in [2.75, 3.05) is 16.8 Å². The number of carbonyl (C=O) groups is 2. The summed E-state index contributed by atoms with van der Waals surface area (Å²) in [7, 11) is 0. The van der Waals surface area contributed by atoms with Crippen LogP contribution < -0.4 is 10.2 Å². The minimum absolute atomic E-state index is 0.00589. The first-order chi connectivity index (χ1) is 14.4. The molecule has 0 radical (unpaired) electrons. The van der Waals surface area contributed by atoms with E-state index >= 15 is 0 Å². The van der Waals surface area contributed by atoms with Gasteiger partial charge in [-0.1, -0.05) is 29.3 Å². The highest BCUT2D eigenvalue weighted by atomic mass is 35.5. The molecule has 0 aromatic heterocycles. The van der Waals surface area contributed by atoms with Crippen LogP contribution in [0.1, 0.15) is 43.8 Å². The van der Waals surface area contributed by atoms with Crippen LogP contribution in [0.4, 0.5) is 11.4 Å². The van der Waals surface area contributed by atoms with Gasteiger partial charge in [-0.2, -0.15) is 0 Å². The smallest absolute Gasteiger partial charge is 0.258 e. The fourth-order valence-corrected chi connectivity index (χ4v) is 4.07. The fourth-order valence-electron chi connectivity index (χ4n) is 3.85. The Balaban J connectivity index is 1.58. The second-order valence-electron chi connectivity index (χ2n) is 7.69. The quantitative estimate of drug-likeness (QED) is 0.584. The lowest BCUT2D eigenvalue weighted by molar-refractivity contribution is 0.0984. The van der Waals surface area contributed by atoms with E-state index in [4.69, 9.17) is 11.6 Å². The molecule has 0 bridgehead atoms. The van der Waals surface area contributed by atoms with Crippen molar-refractivity contribution in [3.05, 3.63) is 93.5 Å². The van der Waals surface area contributed by atoms with Crippen molar-refractivity contribution >= 4 is 34.8 Å². The van der Waals surface area contributed by atoms with E-state index in [0.29, 0.717) is 22.7 Å². The molecule has 4 rings (SSSR count). The van der Waals surface area contributed by atoms with Crippen LogP contribution in [0.15, 0.2) is 60.7 Å². The van der Waals surface area contributed by atoms with Gasteiger partial charge < -0.3 is 10.2 Å². The number of amides is 2. The van der Waals surface area contributed by atoms with Crippen molar-refractivity contribution in [2.45, 2.75) is 26.7 Å². The molecule has 0 unspecified atom stereocenters. The zero-order valence-corrected chi connectivity index (χ0v) is 17.8. The molecule has 0 saturated carbocycles. The van der Waals surface area contributed by atoms with Gasteiger partial charge >= 0.3 is 0 Å². The molecule has 1 aliphatic rings. The number of hydrogen-bond donors (Lipinski definition) is 1. The van der Waals surface area contributed by atoms with E-state index in [0.717, 1.165) is 40.9 Å². The third-order valence-electron chi connectivity index (χ3n) is 5.41. The average molecular weight is 419 g/mol. The number of benzene rings is 3. The van der Waals surface area contributed by atoms with Crippen LogP contribution in [-0.4, -0.2) is 18.4 Å². The first-order valence-electron chi connectivity index (χ1n) is 10.0. The van der Waals surface area contributed by atoms with Gasteiger partial charge in [-0.15, -0.1) is 0 Å². The summed E-state index contributed by atoms with van der Waals surface area (Å²) in [5, 5.41) is 3.59. The topological polar surface area (TPSA) is 49.4 Å². The summed E-state index contributed by atoms with van der Waals surface area (Å²) in [5.74, 6) is -0.181. The van der Waals surface area contributed by atoms with Gasteiger partial charge in [0.2, 0.25) is 0 Å². The highest BCUT2D eigenvalue weighted by Crippen LogP contribution is 2.30. The Labute approximate surface area is 181 Å². The molecule has 152 valence electrons. The molecule has 0 spiro atoms. The van der Waals surface area contributed by atoms with E-state index in [1.165, 1.54) is 0 Å². The van der Waals surface area contributed by atoms with Crippen molar-refractivity contribution < 1.29 is 9.59 Å². The number of anilines is 2. The molecule has 0 aliphatic carbocycles. The Kier molecular flexibility index (Phi) is 5.60. The van der Waals surface area contributed by atoms with Gasteiger partial charge in [0.25, 0.3) is 11.8 Å². The molecule has 0 atom stereocenters. The minimum atomic E-state index is -0.176. The molecule has 1 heterocycles. The Hall–Kier alpha value is -3.11. The highest BCUT2D eigenvalue weighted by Gasteiger charge is 2.24. The number of carbonyl (C=O) groups excluding carboxylic acids is 2. The number of nitrogens with one attached hydrogen (secondary N) is 1. The van der Waals surface area contributed by atoms with Crippen molar-refractivity contribution in [3.63, 3.8) is 0 Å². The molecule has 1 N–H and O–H groups in total.